The van der Waals surface area contributed by atoms with Crippen LogP contribution in [-0.2, 0) is 4.79 Å². The first-order valence-corrected chi connectivity index (χ1v) is 6.95. The molecule has 1 aromatic carbocycles. The van der Waals surface area contributed by atoms with Crippen molar-refractivity contribution in [2.75, 3.05) is 11.9 Å². The van der Waals surface area contributed by atoms with Gasteiger partial charge in [-0.15, -0.1) is 11.3 Å². The zero-order valence-corrected chi connectivity index (χ0v) is 12.3. The molecule has 0 spiro atoms. The highest BCUT2D eigenvalue weighted by Gasteiger charge is 2.09. The molecule has 7 heteroatoms. The fourth-order valence-corrected chi connectivity index (χ4v) is 2.32. The van der Waals surface area contributed by atoms with Crippen molar-refractivity contribution in [3.8, 4) is 5.75 Å². The summed E-state index contributed by atoms with van der Waals surface area (Å²) in [6.07, 6.45) is 1.66. The van der Waals surface area contributed by atoms with Crippen molar-refractivity contribution in [2.45, 2.75) is 6.92 Å². The van der Waals surface area contributed by atoms with Crippen LogP contribution in [0.4, 0.5) is 9.52 Å². The highest BCUT2D eigenvalue weighted by Crippen LogP contribution is 2.21. The molecule has 2 rings (SSSR count). The Balaban J connectivity index is 1.89. The Bertz CT molecular complexity index is 603. The molecule has 1 N–H and O–H groups in total. The summed E-state index contributed by atoms with van der Waals surface area (Å²) in [5.41, 5.74) is 0. The van der Waals surface area contributed by atoms with Crippen LogP contribution in [-0.4, -0.2) is 17.5 Å². The molecule has 0 unspecified atom stereocenters. The Labute approximate surface area is 121 Å². The van der Waals surface area contributed by atoms with Crippen LogP contribution in [0.15, 0.2) is 28.9 Å². The number of amides is 1. The van der Waals surface area contributed by atoms with Crippen molar-refractivity contribution in [2.24, 2.45) is 0 Å². The molecule has 4 nitrogen and oxygen atoms in total. The fraction of sp³-hybridized carbons (Fsp3) is 0.167. The second-order valence-corrected chi connectivity index (χ2v) is 5.84. The van der Waals surface area contributed by atoms with Gasteiger partial charge in [-0.05, 0) is 25.1 Å². The van der Waals surface area contributed by atoms with Crippen LogP contribution in [0.5, 0.6) is 5.75 Å². The summed E-state index contributed by atoms with van der Waals surface area (Å²) in [5.74, 6) is -0.863. The van der Waals surface area contributed by atoms with Crippen LogP contribution in [0, 0.1) is 12.7 Å². The molecule has 1 heterocycles. The van der Waals surface area contributed by atoms with Gasteiger partial charge in [-0.25, -0.2) is 9.37 Å². The zero-order chi connectivity index (χ0) is 13.8. The lowest BCUT2D eigenvalue weighted by molar-refractivity contribution is -0.118. The molecule has 19 heavy (non-hydrogen) atoms. The van der Waals surface area contributed by atoms with E-state index in [9.17, 15) is 9.18 Å². The normalized spacial score (nSPS) is 10.3. The van der Waals surface area contributed by atoms with E-state index >= 15 is 0 Å². The molecule has 0 saturated heterocycles. The van der Waals surface area contributed by atoms with E-state index < -0.39 is 5.82 Å². The molecule has 0 aliphatic carbocycles. The van der Waals surface area contributed by atoms with Gasteiger partial charge in [-0.3, -0.25) is 10.1 Å². The quantitative estimate of drug-likeness (QED) is 0.924. The number of nitrogens with one attached hydrogen (secondary N) is 1. The minimum Gasteiger partial charge on any atom is -0.481 e. The maximum Gasteiger partial charge on any atom is 0.264 e. The summed E-state index contributed by atoms with van der Waals surface area (Å²) < 4.78 is 19.1. The van der Waals surface area contributed by atoms with Crippen molar-refractivity contribution >= 4 is 38.3 Å². The molecule has 1 amide bonds. The SMILES string of the molecule is Cc1cnc(NC(=O)COc2ccc(Br)cc2F)s1. The van der Waals surface area contributed by atoms with Crippen molar-refractivity contribution in [3.63, 3.8) is 0 Å². The Morgan fingerprint density at radius 3 is 3.00 bits per heavy atom. The van der Waals surface area contributed by atoms with E-state index in [4.69, 9.17) is 4.74 Å². The van der Waals surface area contributed by atoms with Gasteiger partial charge in [0.25, 0.3) is 5.91 Å². The monoisotopic (exact) mass is 344 g/mol. The largest absolute Gasteiger partial charge is 0.481 e. The third kappa shape index (κ3) is 4.00. The average Bonchev–Trinajstić information content (AvgIpc) is 2.73. The van der Waals surface area contributed by atoms with Gasteiger partial charge in [0.2, 0.25) is 0 Å². The minimum absolute atomic E-state index is 0.0358. The first-order chi connectivity index (χ1) is 9.04. The van der Waals surface area contributed by atoms with E-state index in [2.05, 4.69) is 26.2 Å². The molecule has 0 radical (unpaired) electrons. The second kappa shape index (κ2) is 6.12. The van der Waals surface area contributed by atoms with Gasteiger partial charge in [-0.1, -0.05) is 15.9 Å². The van der Waals surface area contributed by atoms with E-state index in [0.717, 1.165) is 4.88 Å². The van der Waals surface area contributed by atoms with Crippen molar-refractivity contribution < 1.29 is 13.9 Å². The van der Waals surface area contributed by atoms with Crippen LogP contribution >= 0.6 is 27.3 Å². The number of anilines is 1. The smallest absolute Gasteiger partial charge is 0.264 e. The number of rotatable bonds is 4. The predicted molar refractivity (Wildman–Crippen MR) is 75.1 cm³/mol. The maximum absolute atomic E-state index is 13.4. The molecule has 0 saturated carbocycles. The Hall–Kier alpha value is -1.47. The number of aryl methyl sites for hydroxylation is 1. The number of hydrogen-bond acceptors (Lipinski definition) is 4. The third-order valence-electron chi connectivity index (χ3n) is 2.12. The summed E-state index contributed by atoms with van der Waals surface area (Å²) in [5, 5.41) is 3.08. The first kappa shape index (κ1) is 14.0. The summed E-state index contributed by atoms with van der Waals surface area (Å²) in [4.78, 5) is 16.6. The van der Waals surface area contributed by atoms with Crippen LogP contribution < -0.4 is 10.1 Å². The third-order valence-corrected chi connectivity index (χ3v) is 3.44. The lowest BCUT2D eigenvalue weighted by Gasteiger charge is -2.06. The van der Waals surface area contributed by atoms with Gasteiger partial charge in [0.15, 0.2) is 23.3 Å². The van der Waals surface area contributed by atoms with E-state index in [0.29, 0.717) is 9.60 Å². The molecule has 0 aliphatic heterocycles. The Kier molecular flexibility index (Phi) is 4.49. The van der Waals surface area contributed by atoms with Gasteiger partial charge in [0.05, 0.1) is 0 Å². The molecule has 2 aromatic rings. The molecular weight excluding hydrogens is 335 g/mol. The standard InChI is InChI=1S/C12H10BrFN2O2S/c1-7-5-15-12(19-7)16-11(17)6-18-10-3-2-8(13)4-9(10)14/h2-5H,6H2,1H3,(H,15,16,17). The van der Waals surface area contributed by atoms with Crippen LogP contribution in [0.2, 0.25) is 0 Å². The summed E-state index contributed by atoms with van der Waals surface area (Å²) in [6.45, 7) is 1.62. The number of carbonyl (C=O) groups is 1. The van der Waals surface area contributed by atoms with E-state index in [-0.39, 0.29) is 18.3 Å². The van der Waals surface area contributed by atoms with Crippen LogP contribution in [0.3, 0.4) is 0 Å². The van der Waals surface area contributed by atoms with Gasteiger partial charge in [0.1, 0.15) is 0 Å². The first-order valence-electron chi connectivity index (χ1n) is 5.35. The molecule has 100 valence electrons. The Morgan fingerprint density at radius 2 is 2.37 bits per heavy atom. The predicted octanol–water partition coefficient (Wildman–Crippen LogP) is 3.37. The topological polar surface area (TPSA) is 51.2 Å². The number of halogens is 2. The molecule has 0 aliphatic rings. The Morgan fingerprint density at radius 1 is 1.58 bits per heavy atom. The lowest BCUT2D eigenvalue weighted by atomic mass is 10.3. The van der Waals surface area contributed by atoms with Gasteiger partial charge >= 0.3 is 0 Å². The number of ether oxygens (including phenoxy) is 1. The number of aromatic nitrogens is 1. The van der Waals surface area contributed by atoms with E-state index in [1.54, 1.807) is 12.3 Å². The van der Waals surface area contributed by atoms with Gasteiger partial charge in [0, 0.05) is 15.5 Å². The van der Waals surface area contributed by atoms with E-state index in [1.165, 1.54) is 23.5 Å². The molecule has 1 aromatic heterocycles. The van der Waals surface area contributed by atoms with Crippen LogP contribution in [0.1, 0.15) is 4.88 Å². The van der Waals surface area contributed by atoms with Crippen molar-refractivity contribution in [1.82, 2.24) is 4.98 Å². The molecular formula is C12H10BrFN2O2S. The molecule has 0 bridgehead atoms. The summed E-state index contributed by atoms with van der Waals surface area (Å²) >= 11 is 4.51. The number of benzene rings is 1. The fourth-order valence-electron chi connectivity index (χ4n) is 1.30. The van der Waals surface area contributed by atoms with Gasteiger partial charge in [-0.2, -0.15) is 0 Å². The number of carbonyl (C=O) groups excluding carboxylic acids is 1. The van der Waals surface area contributed by atoms with Gasteiger partial charge < -0.3 is 4.74 Å². The van der Waals surface area contributed by atoms with Crippen molar-refractivity contribution in [3.05, 3.63) is 39.6 Å². The maximum atomic E-state index is 13.4. The zero-order valence-electron chi connectivity index (χ0n) is 9.94. The summed E-state index contributed by atoms with van der Waals surface area (Å²) in [7, 11) is 0. The lowest BCUT2D eigenvalue weighted by Crippen LogP contribution is -2.20. The number of nitrogens with zero attached hydrogens (tertiary/aromatic N) is 1. The highest BCUT2D eigenvalue weighted by molar-refractivity contribution is 9.10. The second-order valence-electron chi connectivity index (χ2n) is 3.69. The number of hydrogen-bond donors (Lipinski definition) is 1. The molecule has 0 fully saturated rings. The number of thiazole rings is 1. The minimum atomic E-state index is -0.521. The molecule has 0 atom stereocenters. The van der Waals surface area contributed by atoms with E-state index in [1.807, 2.05) is 6.92 Å². The van der Waals surface area contributed by atoms with Crippen molar-refractivity contribution in [1.29, 1.82) is 0 Å². The summed E-state index contributed by atoms with van der Waals surface area (Å²) in [6, 6.07) is 4.37. The highest BCUT2D eigenvalue weighted by atomic mass is 79.9. The average molecular weight is 345 g/mol. The van der Waals surface area contributed by atoms with Crippen LogP contribution in [0.25, 0.3) is 0 Å².